The van der Waals surface area contributed by atoms with Crippen LogP contribution in [0.5, 0.6) is 0 Å². The van der Waals surface area contributed by atoms with Gasteiger partial charge in [-0.05, 0) is 66.3 Å². The molecule has 0 bridgehead atoms. The number of thioether (sulfide) groups is 1. The van der Waals surface area contributed by atoms with E-state index in [4.69, 9.17) is 4.98 Å². The Morgan fingerprint density at radius 1 is 1.12 bits per heavy atom. The second-order valence-electron chi connectivity index (χ2n) is 10.1. The maximum absolute atomic E-state index is 14.0. The Morgan fingerprint density at radius 2 is 1.91 bits per heavy atom. The first-order valence-corrected chi connectivity index (χ1v) is 13.4. The van der Waals surface area contributed by atoms with Gasteiger partial charge in [-0.15, -0.1) is 11.3 Å². The van der Waals surface area contributed by atoms with E-state index in [1.54, 1.807) is 23.1 Å². The third kappa shape index (κ3) is 4.41. The van der Waals surface area contributed by atoms with Crippen LogP contribution in [0.1, 0.15) is 48.8 Å². The van der Waals surface area contributed by atoms with Crippen molar-refractivity contribution in [2.24, 2.45) is 11.3 Å². The fraction of sp³-hybridized carbons (Fsp3) is 0.357. The summed E-state index contributed by atoms with van der Waals surface area (Å²) in [5.74, 6) is 1.42. The molecular weight excluding hydrogens is 444 g/mol. The predicted octanol–water partition coefficient (Wildman–Crippen LogP) is 7.20. The normalized spacial score (nSPS) is 16.2. The molecule has 5 heteroatoms. The minimum Gasteiger partial charge on any atom is -0.268 e. The molecule has 5 rings (SSSR count). The van der Waals surface area contributed by atoms with Crippen LogP contribution in [-0.2, 0) is 18.6 Å². The van der Waals surface area contributed by atoms with Gasteiger partial charge in [-0.3, -0.25) is 9.36 Å². The Labute approximate surface area is 203 Å². The molecule has 3 nitrogen and oxygen atoms in total. The molecule has 0 saturated carbocycles. The summed E-state index contributed by atoms with van der Waals surface area (Å²) < 4.78 is 1.84. The van der Waals surface area contributed by atoms with E-state index in [0.29, 0.717) is 5.92 Å². The zero-order valence-corrected chi connectivity index (χ0v) is 21.4. The molecule has 2 heterocycles. The molecule has 170 valence electrons. The summed E-state index contributed by atoms with van der Waals surface area (Å²) in [6.07, 6.45) is 3.16. The lowest BCUT2D eigenvalue weighted by Crippen LogP contribution is -2.27. The van der Waals surface area contributed by atoms with Crippen molar-refractivity contribution in [1.29, 1.82) is 0 Å². The molecule has 2 aromatic heterocycles. The monoisotopic (exact) mass is 474 g/mol. The highest BCUT2D eigenvalue weighted by Crippen LogP contribution is 2.42. The molecule has 2 aromatic carbocycles. The van der Waals surface area contributed by atoms with Gasteiger partial charge in [-0.25, -0.2) is 4.98 Å². The van der Waals surface area contributed by atoms with Crippen molar-refractivity contribution in [2.75, 3.05) is 0 Å². The number of rotatable bonds is 4. The van der Waals surface area contributed by atoms with Crippen molar-refractivity contribution in [1.82, 2.24) is 9.55 Å². The van der Waals surface area contributed by atoms with Crippen LogP contribution >= 0.6 is 23.1 Å². The Balaban J connectivity index is 1.65. The molecule has 0 saturated heterocycles. The summed E-state index contributed by atoms with van der Waals surface area (Å²) in [5.41, 5.74) is 4.86. The molecule has 1 aliphatic carbocycles. The quantitative estimate of drug-likeness (QED) is 0.232. The van der Waals surface area contributed by atoms with Crippen LogP contribution in [0.2, 0.25) is 0 Å². The maximum atomic E-state index is 14.0. The molecule has 0 spiro atoms. The standard InChI is InChI=1S/C28H30N2OS2/c1-18-9-8-12-21(15-18)30-26(31)24-22-14-13-20(28(2,3)4)16-23(22)33-25(24)29-27(30)32-17-19-10-6-5-7-11-19/h5-12,15,20H,13-14,16-17H2,1-4H3/t20-/m1/s1. The highest BCUT2D eigenvalue weighted by atomic mass is 32.2. The van der Waals surface area contributed by atoms with Crippen LogP contribution < -0.4 is 5.56 Å². The van der Waals surface area contributed by atoms with Crippen LogP contribution in [0.3, 0.4) is 0 Å². The number of aromatic nitrogens is 2. The van der Waals surface area contributed by atoms with E-state index in [1.165, 1.54) is 16.0 Å². The Morgan fingerprint density at radius 3 is 2.64 bits per heavy atom. The average Bonchev–Trinajstić information content (AvgIpc) is 3.15. The van der Waals surface area contributed by atoms with Gasteiger partial charge < -0.3 is 0 Å². The number of thiophene rings is 1. The van der Waals surface area contributed by atoms with E-state index < -0.39 is 0 Å². The lowest BCUT2D eigenvalue weighted by atomic mass is 9.72. The first kappa shape index (κ1) is 22.4. The lowest BCUT2D eigenvalue weighted by molar-refractivity contribution is 0.218. The molecule has 33 heavy (non-hydrogen) atoms. The summed E-state index contributed by atoms with van der Waals surface area (Å²) in [5, 5.41) is 1.61. The molecule has 1 aliphatic rings. The van der Waals surface area contributed by atoms with Crippen LogP contribution in [-0.4, -0.2) is 9.55 Å². The molecule has 0 N–H and O–H groups in total. The first-order valence-electron chi connectivity index (χ1n) is 11.6. The highest BCUT2D eigenvalue weighted by Gasteiger charge is 2.32. The van der Waals surface area contributed by atoms with Gasteiger partial charge in [-0.2, -0.15) is 0 Å². The second-order valence-corrected chi connectivity index (χ2v) is 12.2. The van der Waals surface area contributed by atoms with Gasteiger partial charge in [0.2, 0.25) is 0 Å². The highest BCUT2D eigenvalue weighted by molar-refractivity contribution is 7.98. The van der Waals surface area contributed by atoms with E-state index in [0.717, 1.165) is 51.6 Å². The van der Waals surface area contributed by atoms with Crippen LogP contribution in [0.15, 0.2) is 64.5 Å². The number of nitrogens with zero attached hydrogens (tertiary/aromatic N) is 2. The molecule has 1 atom stereocenters. The van der Waals surface area contributed by atoms with Gasteiger partial charge in [0, 0.05) is 10.6 Å². The fourth-order valence-corrected chi connectivity index (χ4v) is 7.07. The first-order chi connectivity index (χ1) is 15.8. The van der Waals surface area contributed by atoms with E-state index >= 15 is 0 Å². The Hall–Kier alpha value is -2.37. The zero-order valence-electron chi connectivity index (χ0n) is 19.7. The van der Waals surface area contributed by atoms with Crippen molar-refractivity contribution in [2.45, 2.75) is 57.9 Å². The van der Waals surface area contributed by atoms with Crippen molar-refractivity contribution in [3.05, 3.63) is 86.5 Å². The van der Waals surface area contributed by atoms with Gasteiger partial charge in [0.15, 0.2) is 5.16 Å². The zero-order chi connectivity index (χ0) is 23.2. The largest absolute Gasteiger partial charge is 0.268 e. The van der Waals surface area contributed by atoms with Crippen LogP contribution in [0, 0.1) is 18.3 Å². The van der Waals surface area contributed by atoms with Crippen molar-refractivity contribution >= 4 is 33.3 Å². The van der Waals surface area contributed by atoms with E-state index in [9.17, 15) is 4.79 Å². The third-order valence-corrected chi connectivity index (χ3v) is 8.91. The van der Waals surface area contributed by atoms with Crippen LogP contribution in [0.4, 0.5) is 0 Å². The molecule has 0 aliphatic heterocycles. The number of hydrogen-bond donors (Lipinski definition) is 0. The van der Waals surface area contributed by atoms with E-state index in [1.807, 2.05) is 22.8 Å². The second kappa shape index (κ2) is 8.77. The smallest absolute Gasteiger partial charge is 0.267 e. The lowest BCUT2D eigenvalue weighted by Gasteiger charge is -2.33. The SMILES string of the molecule is Cc1cccc(-n2c(SCc3ccccc3)nc3sc4c(c3c2=O)CC[C@@H](C(C)(C)C)C4)c1. The molecule has 0 amide bonds. The minimum absolute atomic E-state index is 0.0767. The summed E-state index contributed by atoms with van der Waals surface area (Å²) in [6, 6.07) is 18.6. The third-order valence-electron chi connectivity index (χ3n) is 6.75. The molecule has 0 fully saturated rings. The molecule has 4 aromatic rings. The summed E-state index contributed by atoms with van der Waals surface area (Å²) in [6.45, 7) is 9.06. The Bertz CT molecular complexity index is 1360. The van der Waals surface area contributed by atoms with Crippen molar-refractivity contribution < 1.29 is 0 Å². The van der Waals surface area contributed by atoms with Gasteiger partial charge >= 0.3 is 0 Å². The predicted molar refractivity (Wildman–Crippen MR) is 141 cm³/mol. The molecule has 0 unspecified atom stereocenters. The maximum Gasteiger partial charge on any atom is 0.267 e. The van der Waals surface area contributed by atoms with Crippen molar-refractivity contribution in [3.63, 3.8) is 0 Å². The number of benzene rings is 2. The molecule has 0 radical (unpaired) electrons. The van der Waals surface area contributed by atoms with E-state index in [-0.39, 0.29) is 11.0 Å². The van der Waals surface area contributed by atoms with Gasteiger partial charge in [0.25, 0.3) is 5.56 Å². The van der Waals surface area contributed by atoms with Crippen LogP contribution in [0.25, 0.3) is 15.9 Å². The molecular formula is C28H30N2OS2. The average molecular weight is 475 g/mol. The van der Waals surface area contributed by atoms with Gasteiger partial charge in [-0.1, -0.05) is 75.0 Å². The fourth-order valence-electron chi connectivity index (χ4n) is 4.76. The Kier molecular flexibility index (Phi) is 5.96. The minimum atomic E-state index is 0.0767. The summed E-state index contributed by atoms with van der Waals surface area (Å²) in [4.78, 5) is 21.4. The number of aryl methyl sites for hydroxylation is 2. The summed E-state index contributed by atoms with van der Waals surface area (Å²) in [7, 11) is 0. The van der Waals surface area contributed by atoms with Crippen molar-refractivity contribution in [3.8, 4) is 5.69 Å². The van der Waals surface area contributed by atoms with E-state index in [2.05, 4.69) is 64.1 Å². The van der Waals surface area contributed by atoms with Gasteiger partial charge in [0.05, 0.1) is 11.1 Å². The summed E-state index contributed by atoms with van der Waals surface area (Å²) >= 11 is 3.38. The topological polar surface area (TPSA) is 34.9 Å². The van der Waals surface area contributed by atoms with Gasteiger partial charge in [0.1, 0.15) is 4.83 Å². The number of fused-ring (bicyclic) bond motifs is 3. The number of hydrogen-bond acceptors (Lipinski definition) is 4.